The van der Waals surface area contributed by atoms with Gasteiger partial charge in [-0.2, -0.15) is 0 Å². The van der Waals surface area contributed by atoms with Crippen molar-refractivity contribution in [2.45, 2.75) is 12.0 Å². The van der Waals surface area contributed by atoms with E-state index < -0.39 is 0 Å². The normalized spacial score (nSPS) is 25.3. The van der Waals surface area contributed by atoms with Crippen LogP contribution in [-0.2, 0) is 4.79 Å². The Bertz CT molecular complexity index is 364. The lowest BCUT2D eigenvalue weighted by Gasteiger charge is -2.13. The maximum atomic E-state index is 11.5. The summed E-state index contributed by atoms with van der Waals surface area (Å²) in [5.41, 5.74) is 0. The molecule has 5 heteroatoms. The fraction of sp³-hybridized carbons (Fsp3) is 0.500. The zero-order chi connectivity index (χ0) is 10.8. The fourth-order valence-corrected chi connectivity index (χ4v) is 2.82. The van der Waals surface area contributed by atoms with Crippen molar-refractivity contribution in [1.29, 1.82) is 0 Å². The van der Waals surface area contributed by atoms with E-state index in [-0.39, 0.29) is 17.9 Å². The van der Waals surface area contributed by atoms with E-state index in [0.29, 0.717) is 6.54 Å². The summed E-state index contributed by atoms with van der Waals surface area (Å²) in [5, 5.41) is 6.79. The number of thiophene rings is 1. The Kier molecular flexibility index (Phi) is 2.93. The predicted molar refractivity (Wildman–Crippen MR) is 59.5 cm³/mol. The minimum absolute atomic E-state index is 0.0786. The highest BCUT2D eigenvalue weighted by Crippen LogP contribution is 2.33. The summed E-state index contributed by atoms with van der Waals surface area (Å²) in [6.07, 6.45) is 0. The van der Waals surface area contributed by atoms with Gasteiger partial charge in [0.25, 0.3) is 0 Å². The van der Waals surface area contributed by atoms with Crippen molar-refractivity contribution in [3.8, 4) is 5.06 Å². The first kappa shape index (κ1) is 10.4. The van der Waals surface area contributed by atoms with Gasteiger partial charge in [0, 0.05) is 17.3 Å². The third kappa shape index (κ3) is 1.85. The van der Waals surface area contributed by atoms with Crippen LogP contribution in [0, 0.1) is 0 Å². The number of methoxy groups -OCH3 is 1. The molecule has 2 rings (SSSR count). The molecule has 15 heavy (non-hydrogen) atoms. The van der Waals surface area contributed by atoms with Gasteiger partial charge in [-0.15, -0.1) is 11.3 Å². The minimum atomic E-state index is -0.117. The van der Waals surface area contributed by atoms with Crippen molar-refractivity contribution >= 4 is 17.2 Å². The SMILES string of the molecule is CNC1C(=O)NC[C@@H]1c1ccc(OC)s1. The summed E-state index contributed by atoms with van der Waals surface area (Å²) in [6, 6.07) is 3.85. The van der Waals surface area contributed by atoms with Gasteiger partial charge in [0.1, 0.15) is 0 Å². The molecule has 0 aliphatic carbocycles. The minimum Gasteiger partial charge on any atom is -0.487 e. The molecule has 0 spiro atoms. The number of hydrogen-bond acceptors (Lipinski definition) is 4. The molecule has 1 aromatic heterocycles. The molecular formula is C10H14N2O2S. The Balaban J connectivity index is 2.19. The lowest BCUT2D eigenvalue weighted by atomic mass is 10.0. The monoisotopic (exact) mass is 226 g/mol. The largest absolute Gasteiger partial charge is 0.487 e. The van der Waals surface area contributed by atoms with Gasteiger partial charge in [0.2, 0.25) is 5.91 Å². The highest BCUT2D eigenvalue weighted by molar-refractivity contribution is 7.13. The molecule has 2 heterocycles. The zero-order valence-electron chi connectivity index (χ0n) is 8.74. The van der Waals surface area contributed by atoms with Gasteiger partial charge in [-0.05, 0) is 19.2 Å². The average molecular weight is 226 g/mol. The van der Waals surface area contributed by atoms with Gasteiger partial charge in [-0.1, -0.05) is 0 Å². The zero-order valence-corrected chi connectivity index (χ0v) is 9.56. The van der Waals surface area contributed by atoms with Gasteiger partial charge in [0.05, 0.1) is 13.2 Å². The molecule has 1 aliphatic heterocycles. The molecule has 82 valence electrons. The van der Waals surface area contributed by atoms with Gasteiger partial charge >= 0.3 is 0 Å². The summed E-state index contributed by atoms with van der Waals surface area (Å²) < 4.78 is 5.14. The number of amides is 1. The topological polar surface area (TPSA) is 50.4 Å². The molecule has 1 saturated heterocycles. The second-order valence-electron chi connectivity index (χ2n) is 3.48. The van der Waals surface area contributed by atoms with E-state index in [2.05, 4.69) is 10.6 Å². The first-order chi connectivity index (χ1) is 7.26. The Morgan fingerprint density at radius 3 is 3.00 bits per heavy atom. The van der Waals surface area contributed by atoms with Crippen molar-refractivity contribution in [3.63, 3.8) is 0 Å². The van der Waals surface area contributed by atoms with Gasteiger partial charge in [-0.3, -0.25) is 4.79 Å². The van der Waals surface area contributed by atoms with Crippen LogP contribution in [0.25, 0.3) is 0 Å². The van der Waals surface area contributed by atoms with E-state index in [1.807, 2.05) is 19.2 Å². The van der Waals surface area contributed by atoms with Gasteiger partial charge < -0.3 is 15.4 Å². The molecule has 1 unspecified atom stereocenters. The third-order valence-corrected chi connectivity index (χ3v) is 3.84. The first-order valence-corrected chi connectivity index (χ1v) is 5.66. The van der Waals surface area contributed by atoms with Crippen molar-refractivity contribution < 1.29 is 9.53 Å². The Morgan fingerprint density at radius 2 is 2.40 bits per heavy atom. The number of ether oxygens (including phenoxy) is 1. The van der Waals surface area contributed by atoms with Crippen LogP contribution in [0.1, 0.15) is 10.8 Å². The molecule has 4 nitrogen and oxygen atoms in total. The van der Waals surface area contributed by atoms with Crippen LogP contribution in [0.2, 0.25) is 0 Å². The first-order valence-electron chi connectivity index (χ1n) is 4.85. The Morgan fingerprint density at radius 1 is 1.60 bits per heavy atom. The number of carbonyl (C=O) groups excluding carboxylic acids is 1. The number of nitrogens with one attached hydrogen (secondary N) is 2. The molecule has 0 radical (unpaired) electrons. The summed E-state index contributed by atoms with van der Waals surface area (Å²) >= 11 is 1.60. The Labute approximate surface area is 92.6 Å². The lowest BCUT2D eigenvalue weighted by Crippen LogP contribution is -2.36. The van der Waals surface area contributed by atoms with Crippen LogP contribution in [0.15, 0.2) is 12.1 Å². The molecule has 1 fully saturated rings. The number of rotatable bonds is 3. The van der Waals surface area contributed by atoms with E-state index >= 15 is 0 Å². The quantitative estimate of drug-likeness (QED) is 0.791. The highest BCUT2D eigenvalue weighted by atomic mass is 32.1. The number of hydrogen-bond donors (Lipinski definition) is 2. The van der Waals surface area contributed by atoms with E-state index in [1.54, 1.807) is 18.4 Å². The van der Waals surface area contributed by atoms with Crippen LogP contribution in [0.4, 0.5) is 0 Å². The van der Waals surface area contributed by atoms with Crippen LogP contribution in [0.5, 0.6) is 5.06 Å². The molecule has 1 aromatic rings. The lowest BCUT2D eigenvalue weighted by molar-refractivity contribution is -0.120. The molecular weight excluding hydrogens is 212 g/mol. The molecule has 0 saturated carbocycles. The van der Waals surface area contributed by atoms with Crippen molar-refractivity contribution in [3.05, 3.63) is 17.0 Å². The van der Waals surface area contributed by atoms with Crippen molar-refractivity contribution in [2.24, 2.45) is 0 Å². The summed E-state index contributed by atoms with van der Waals surface area (Å²) in [4.78, 5) is 12.6. The number of likely N-dealkylation sites (N-methyl/N-ethyl adjacent to an activating group) is 1. The van der Waals surface area contributed by atoms with Crippen LogP contribution in [0.3, 0.4) is 0 Å². The van der Waals surface area contributed by atoms with E-state index in [9.17, 15) is 4.79 Å². The van der Waals surface area contributed by atoms with Gasteiger partial charge in [0.15, 0.2) is 5.06 Å². The number of carbonyl (C=O) groups is 1. The molecule has 2 atom stereocenters. The average Bonchev–Trinajstić information content (AvgIpc) is 2.83. The fourth-order valence-electron chi connectivity index (χ4n) is 1.86. The van der Waals surface area contributed by atoms with Crippen LogP contribution >= 0.6 is 11.3 Å². The molecule has 0 aromatic carbocycles. The standard InChI is InChI=1S/C10H14N2O2S/c1-11-9-6(5-12-10(9)13)7-3-4-8(14-2)15-7/h3-4,6,9,11H,5H2,1-2H3,(H,12,13)/t6-,9?/m1/s1. The summed E-state index contributed by atoms with van der Waals surface area (Å²) in [5.74, 6) is 0.297. The second kappa shape index (κ2) is 4.20. The smallest absolute Gasteiger partial charge is 0.237 e. The van der Waals surface area contributed by atoms with Crippen molar-refractivity contribution in [1.82, 2.24) is 10.6 Å². The second-order valence-corrected chi connectivity index (χ2v) is 4.56. The maximum Gasteiger partial charge on any atom is 0.237 e. The molecule has 1 aliphatic rings. The highest BCUT2D eigenvalue weighted by Gasteiger charge is 2.35. The summed E-state index contributed by atoms with van der Waals surface area (Å²) in [7, 11) is 3.47. The van der Waals surface area contributed by atoms with Crippen LogP contribution in [-0.4, -0.2) is 32.7 Å². The third-order valence-electron chi connectivity index (χ3n) is 2.66. The maximum absolute atomic E-state index is 11.5. The van der Waals surface area contributed by atoms with E-state index in [1.165, 1.54) is 4.88 Å². The molecule has 2 N–H and O–H groups in total. The predicted octanol–water partition coefficient (Wildman–Crippen LogP) is 0.558. The van der Waals surface area contributed by atoms with Crippen molar-refractivity contribution in [2.75, 3.05) is 20.7 Å². The van der Waals surface area contributed by atoms with Gasteiger partial charge in [-0.25, -0.2) is 0 Å². The van der Waals surface area contributed by atoms with E-state index in [0.717, 1.165) is 5.06 Å². The molecule has 0 bridgehead atoms. The van der Waals surface area contributed by atoms with Crippen LogP contribution < -0.4 is 15.4 Å². The Hall–Kier alpha value is -1.07. The molecule has 1 amide bonds. The van der Waals surface area contributed by atoms with E-state index in [4.69, 9.17) is 4.74 Å². The summed E-state index contributed by atoms with van der Waals surface area (Å²) in [6.45, 7) is 0.702.